The molecule has 0 spiro atoms. The maximum atomic E-state index is 12.5. The molecule has 0 aliphatic heterocycles. The van der Waals surface area contributed by atoms with Crippen molar-refractivity contribution in [2.24, 2.45) is 0 Å². The molecule has 2 rings (SSSR count). The topological polar surface area (TPSA) is 41.6 Å². The third-order valence-corrected chi connectivity index (χ3v) is 3.22. The number of amides is 2. The second kappa shape index (κ2) is 6.79. The molecule has 0 unspecified atom stereocenters. The second-order valence-corrected chi connectivity index (χ2v) is 4.71. The number of urea groups is 1. The van der Waals surface area contributed by atoms with Gasteiger partial charge < -0.3 is 10.1 Å². The molecule has 0 aliphatic rings. The first kappa shape index (κ1) is 14.9. The van der Waals surface area contributed by atoms with E-state index >= 15 is 0 Å². The number of benzene rings is 2. The fourth-order valence-corrected chi connectivity index (χ4v) is 2.17. The van der Waals surface area contributed by atoms with Crippen LogP contribution in [0.5, 0.6) is 5.75 Å². The molecule has 0 heterocycles. The minimum absolute atomic E-state index is 0.174. The van der Waals surface area contributed by atoms with Crippen LogP contribution >= 0.6 is 0 Å². The smallest absolute Gasteiger partial charge is 0.326 e. The van der Waals surface area contributed by atoms with Gasteiger partial charge in [0.05, 0.1) is 12.8 Å². The van der Waals surface area contributed by atoms with E-state index in [0.29, 0.717) is 18.0 Å². The maximum Gasteiger partial charge on any atom is 0.326 e. The summed E-state index contributed by atoms with van der Waals surface area (Å²) in [6, 6.07) is 15.1. The Morgan fingerprint density at radius 3 is 2.62 bits per heavy atom. The summed E-state index contributed by atoms with van der Waals surface area (Å²) in [5.41, 5.74) is 2.66. The lowest BCUT2D eigenvalue weighted by molar-refractivity contribution is 0.257. The average Bonchev–Trinajstić information content (AvgIpc) is 2.48. The molecule has 21 heavy (non-hydrogen) atoms. The maximum absolute atomic E-state index is 12.5. The first-order chi connectivity index (χ1) is 10.2. The van der Waals surface area contributed by atoms with Crippen LogP contribution in [0.2, 0.25) is 0 Å². The molecular weight excluding hydrogens is 264 g/mol. The predicted octanol–water partition coefficient (Wildman–Crippen LogP) is 4.06. The Morgan fingerprint density at radius 2 is 1.95 bits per heavy atom. The number of aryl methyl sites for hydroxylation is 1. The summed E-state index contributed by atoms with van der Waals surface area (Å²) in [7, 11) is 1.59. The fourth-order valence-electron chi connectivity index (χ4n) is 2.17. The number of ether oxygens (including phenoxy) is 1. The highest BCUT2D eigenvalue weighted by molar-refractivity contribution is 6.02. The van der Waals surface area contributed by atoms with E-state index in [9.17, 15) is 4.79 Å². The zero-order valence-electron chi connectivity index (χ0n) is 12.6. The molecule has 4 heteroatoms. The van der Waals surface area contributed by atoms with Crippen molar-refractivity contribution in [1.82, 2.24) is 0 Å². The first-order valence-electron chi connectivity index (χ1n) is 6.94. The van der Waals surface area contributed by atoms with Crippen LogP contribution < -0.4 is 15.0 Å². The number of rotatable bonds is 4. The Bertz CT molecular complexity index is 626. The van der Waals surface area contributed by atoms with Crippen molar-refractivity contribution in [3.8, 4) is 5.75 Å². The van der Waals surface area contributed by atoms with Gasteiger partial charge in [-0.3, -0.25) is 4.90 Å². The van der Waals surface area contributed by atoms with Crippen LogP contribution in [-0.2, 0) is 0 Å². The first-order valence-corrected chi connectivity index (χ1v) is 6.94. The molecule has 0 fully saturated rings. The Labute approximate surface area is 125 Å². The molecular formula is C17H20N2O2. The minimum atomic E-state index is -0.174. The van der Waals surface area contributed by atoms with Gasteiger partial charge >= 0.3 is 6.03 Å². The molecule has 0 aliphatic carbocycles. The van der Waals surface area contributed by atoms with Crippen molar-refractivity contribution in [2.75, 3.05) is 23.9 Å². The zero-order chi connectivity index (χ0) is 15.2. The van der Waals surface area contributed by atoms with E-state index in [1.54, 1.807) is 12.0 Å². The van der Waals surface area contributed by atoms with Gasteiger partial charge in [-0.1, -0.05) is 24.3 Å². The van der Waals surface area contributed by atoms with Crippen LogP contribution in [0.4, 0.5) is 16.2 Å². The predicted molar refractivity (Wildman–Crippen MR) is 86.2 cm³/mol. The van der Waals surface area contributed by atoms with E-state index < -0.39 is 0 Å². The summed E-state index contributed by atoms with van der Waals surface area (Å²) in [5.74, 6) is 0.645. The van der Waals surface area contributed by atoms with E-state index in [0.717, 1.165) is 11.3 Å². The Hall–Kier alpha value is -2.49. The summed E-state index contributed by atoms with van der Waals surface area (Å²) in [6.07, 6.45) is 0. The van der Waals surface area contributed by atoms with E-state index in [-0.39, 0.29) is 6.03 Å². The van der Waals surface area contributed by atoms with E-state index in [1.807, 2.05) is 62.4 Å². The normalized spacial score (nSPS) is 10.0. The second-order valence-electron chi connectivity index (χ2n) is 4.71. The molecule has 4 nitrogen and oxygen atoms in total. The molecule has 0 saturated carbocycles. The molecule has 0 saturated heterocycles. The SMILES string of the molecule is CCN(C(=O)Nc1ccccc1OC)c1cccc(C)c1. The van der Waals surface area contributed by atoms with Crippen molar-refractivity contribution in [3.63, 3.8) is 0 Å². The Morgan fingerprint density at radius 1 is 1.19 bits per heavy atom. The lowest BCUT2D eigenvalue weighted by Crippen LogP contribution is -2.34. The zero-order valence-corrected chi connectivity index (χ0v) is 12.6. The molecule has 0 atom stereocenters. The molecule has 0 radical (unpaired) electrons. The summed E-state index contributed by atoms with van der Waals surface area (Å²) in [6.45, 7) is 4.55. The Kier molecular flexibility index (Phi) is 4.82. The van der Waals surface area contributed by atoms with E-state index in [1.165, 1.54) is 0 Å². The van der Waals surface area contributed by atoms with Crippen LogP contribution in [0.15, 0.2) is 48.5 Å². The summed E-state index contributed by atoms with van der Waals surface area (Å²) in [4.78, 5) is 14.2. The number of hydrogen-bond acceptors (Lipinski definition) is 2. The van der Waals surface area contributed by atoms with Crippen molar-refractivity contribution >= 4 is 17.4 Å². The van der Waals surface area contributed by atoms with Gasteiger partial charge in [-0.15, -0.1) is 0 Å². The van der Waals surface area contributed by atoms with Gasteiger partial charge in [-0.05, 0) is 43.7 Å². The number of nitrogens with zero attached hydrogens (tertiary/aromatic N) is 1. The number of nitrogens with one attached hydrogen (secondary N) is 1. The van der Waals surface area contributed by atoms with Crippen molar-refractivity contribution < 1.29 is 9.53 Å². The van der Waals surface area contributed by atoms with Crippen LogP contribution in [-0.4, -0.2) is 19.7 Å². The molecule has 0 bridgehead atoms. The lowest BCUT2D eigenvalue weighted by Gasteiger charge is -2.22. The third-order valence-electron chi connectivity index (χ3n) is 3.22. The summed E-state index contributed by atoms with van der Waals surface area (Å²) in [5, 5.41) is 2.89. The fraction of sp³-hybridized carbons (Fsp3) is 0.235. The Balaban J connectivity index is 2.21. The number of hydrogen-bond donors (Lipinski definition) is 1. The van der Waals surface area contributed by atoms with E-state index in [2.05, 4.69) is 5.32 Å². The molecule has 1 N–H and O–H groups in total. The molecule has 2 aromatic carbocycles. The number of methoxy groups -OCH3 is 1. The highest BCUT2D eigenvalue weighted by Crippen LogP contribution is 2.24. The molecule has 110 valence electrons. The van der Waals surface area contributed by atoms with Gasteiger partial charge in [0.1, 0.15) is 5.75 Å². The molecule has 0 aromatic heterocycles. The van der Waals surface area contributed by atoms with Gasteiger partial charge in [-0.25, -0.2) is 4.79 Å². The number of anilines is 2. The number of carbonyl (C=O) groups excluding carboxylic acids is 1. The highest BCUT2D eigenvalue weighted by Gasteiger charge is 2.15. The van der Waals surface area contributed by atoms with Gasteiger partial charge in [0.25, 0.3) is 0 Å². The van der Waals surface area contributed by atoms with Gasteiger partial charge in [-0.2, -0.15) is 0 Å². The monoisotopic (exact) mass is 284 g/mol. The van der Waals surface area contributed by atoms with E-state index in [4.69, 9.17) is 4.74 Å². The lowest BCUT2D eigenvalue weighted by atomic mass is 10.2. The highest BCUT2D eigenvalue weighted by atomic mass is 16.5. The number of para-hydroxylation sites is 2. The van der Waals surface area contributed by atoms with Crippen molar-refractivity contribution in [1.29, 1.82) is 0 Å². The van der Waals surface area contributed by atoms with Crippen molar-refractivity contribution in [2.45, 2.75) is 13.8 Å². The summed E-state index contributed by atoms with van der Waals surface area (Å²) < 4.78 is 5.25. The molecule has 2 aromatic rings. The van der Waals surface area contributed by atoms with Crippen LogP contribution in [0, 0.1) is 6.92 Å². The van der Waals surface area contributed by atoms with Crippen molar-refractivity contribution in [3.05, 3.63) is 54.1 Å². The minimum Gasteiger partial charge on any atom is -0.495 e. The average molecular weight is 284 g/mol. The van der Waals surface area contributed by atoms with Crippen LogP contribution in [0.3, 0.4) is 0 Å². The van der Waals surface area contributed by atoms with Crippen LogP contribution in [0.25, 0.3) is 0 Å². The molecule has 2 amide bonds. The van der Waals surface area contributed by atoms with Crippen LogP contribution in [0.1, 0.15) is 12.5 Å². The standard InChI is InChI=1S/C17H20N2O2/c1-4-19(14-9-7-8-13(2)12-14)17(20)18-15-10-5-6-11-16(15)21-3/h5-12H,4H2,1-3H3,(H,18,20). The van der Waals surface area contributed by atoms with Gasteiger partial charge in [0, 0.05) is 12.2 Å². The quantitative estimate of drug-likeness (QED) is 0.919. The third kappa shape index (κ3) is 3.54. The largest absolute Gasteiger partial charge is 0.495 e. The van der Waals surface area contributed by atoms with Gasteiger partial charge in [0.15, 0.2) is 0 Å². The van der Waals surface area contributed by atoms with Gasteiger partial charge in [0.2, 0.25) is 0 Å². The number of carbonyl (C=O) groups is 1. The summed E-state index contributed by atoms with van der Waals surface area (Å²) >= 11 is 0.